The van der Waals surface area contributed by atoms with Gasteiger partial charge in [-0.15, -0.1) is 5.10 Å². The Labute approximate surface area is 144 Å². The molecule has 1 unspecified atom stereocenters. The quantitative estimate of drug-likeness (QED) is 0.745. The van der Waals surface area contributed by atoms with Crippen molar-refractivity contribution in [1.82, 2.24) is 20.3 Å². The molecule has 0 fully saturated rings. The van der Waals surface area contributed by atoms with Gasteiger partial charge >= 0.3 is 0 Å². The normalized spacial score (nSPS) is 17.1. The Morgan fingerprint density at radius 3 is 3.04 bits per heavy atom. The second-order valence-corrected chi connectivity index (χ2v) is 6.64. The lowest BCUT2D eigenvalue weighted by Gasteiger charge is -2.24. The molecule has 1 aliphatic rings. The van der Waals surface area contributed by atoms with E-state index in [1.54, 1.807) is 11.3 Å². The molecule has 0 amide bonds. The van der Waals surface area contributed by atoms with E-state index in [1.807, 2.05) is 16.8 Å². The molecule has 1 aliphatic heterocycles. The van der Waals surface area contributed by atoms with Crippen LogP contribution in [0, 0.1) is 0 Å². The van der Waals surface area contributed by atoms with Crippen LogP contribution in [0.4, 0.5) is 0 Å². The molecule has 126 valence electrons. The molecule has 0 aromatic carbocycles. The Kier molecular flexibility index (Phi) is 4.46. The van der Waals surface area contributed by atoms with Crippen LogP contribution in [-0.4, -0.2) is 27.6 Å². The van der Waals surface area contributed by atoms with Crippen LogP contribution in [0.5, 0.6) is 0 Å². The predicted octanol–water partition coefficient (Wildman–Crippen LogP) is 2.85. The highest BCUT2D eigenvalue weighted by Crippen LogP contribution is 2.26. The van der Waals surface area contributed by atoms with Crippen LogP contribution >= 0.6 is 11.3 Å². The zero-order chi connectivity index (χ0) is 16.4. The summed E-state index contributed by atoms with van der Waals surface area (Å²) < 4.78 is 13.6. The van der Waals surface area contributed by atoms with E-state index in [0.29, 0.717) is 13.2 Å². The molecule has 3 aromatic heterocycles. The molecule has 0 spiro atoms. The fraction of sp³-hybridized carbons (Fsp3) is 0.412. The van der Waals surface area contributed by atoms with Crippen LogP contribution < -0.4 is 5.32 Å². The highest BCUT2D eigenvalue weighted by Gasteiger charge is 2.24. The van der Waals surface area contributed by atoms with Crippen LogP contribution in [-0.2, 0) is 30.9 Å². The predicted molar refractivity (Wildman–Crippen MR) is 91.7 cm³/mol. The number of aromatic nitrogens is 3. The van der Waals surface area contributed by atoms with Gasteiger partial charge in [-0.1, -0.05) is 12.1 Å². The summed E-state index contributed by atoms with van der Waals surface area (Å²) in [6.07, 6.45) is 1.02. The second kappa shape index (κ2) is 6.88. The average Bonchev–Trinajstić information content (AvgIpc) is 3.34. The molecule has 0 aliphatic carbocycles. The van der Waals surface area contributed by atoms with Crippen molar-refractivity contribution in [3.8, 4) is 11.3 Å². The lowest BCUT2D eigenvalue weighted by Crippen LogP contribution is -2.36. The van der Waals surface area contributed by atoms with E-state index in [-0.39, 0.29) is 6.10 Å². The lowest BCUT2D eigenvalue weighted by molar-refractivity contribution is 0.00105. The van der Waals surface area contributed by atoms with E-state index in [9.17, 15) is 0 Å². The summed E-state index contributed by atoms with van der Waals surface area (Å²) in [4.78, 5) is 0. The number of hydrogen-bond donors (Lipinski definition) is 1. The van der Waals surface area contributed by atoms with Gasteiger partial charge in [0.2, 0.25) is 0 Å². The van der Waals surface area contributed by atoms with Crippen LogP contribution in [0.25, 0.3) is 11.3 Å². The number of fused-ring (bicyclic) bond motifs is 1. The van der Waals surface area contributed by atoms with Gasteiger partial charge < -0.3 is 14.5 Å². The zero-order valence-corrected chi connectivity index (χ0v) is 14.4. The molecule has 3 aromatic rings. The fourth-order valence-corrected chi connectivity index (χ4v) is 3.52. The zero-order valence-electron chi connectivity index (χ0n) is 13.6. The van der Waals surface area contributed by atoms with Crippen molar-refractivity contribution >= 4 is 11.3 Å². The molecule has 6 nitrogen and oxygen atoms in total. The van der Waals surface area contributed by atoms with Gasteiger partial charge in [-0.2, -0.15) is 11.3 Å². The average molecular weight is 344 g/mol. The first-order valence-corrected chi connectivity index (χ1v) is 9.12. The topological polar surface area (TPSA) is 65.1 Å². The second-order valence-electron chi connectivity index (χ2n) is 5.86. The smallest absolute Gasteiger partial charge is 0.119 e. The highest BCUT2D eigenvalue weighted by atomic mass is 32.1. The Morgan fingerprint density at radius 1 is 1.33 bits per heavy atom. The number of hydrogen-bond acceptors (Lipinski definition) is 6. The number of rotatable bonds is 6. The number of ether oxygens (including phenoxy) is 1. The summed E-state index contributed by atoms with van der Waals surface area (Å²) in [5, 5.41) is 16.1. The van der Waals surface area contributed by atoms with Crippen molar-refractivity contribution in [2.75, 3.05) is 6.54 Å². The van der Waals surface area contributed by atoms with E-state index >= 15 is 0 Å². The molecule has 24 heavy (non-hydrogen) atoms. The van der Waals surface area contributed by atoms with Crippen molar-refractivity contribution in [1.29, 1.82) is 0 Å². The van der Waals surface area contributed by atoms with E-state index in [1.165, 1.54) is 0 Å². The first-order valence-electron chi connectivity index (χ1n) is 8.18. The van der Waals surface area contributed by atoms with Crippen LogP contribution in [0.15, 0.2) is 33.4 Å². The van der Waals surface area contributed by atoms with Crippen molar-refractivity contribution in [3.63, 3.8) is 0 Å². The molecule has 0 saturated carbocycles. The van der Waals surface area contributed by atoms with Gasteiger partial charge in [0.25, 0.3) is 0 Å². The van der Waals surface area contributed by atoms with E-state index < -0.39 is 0 Å². The minimum Gasteiger partial charge on any atom is -0.465 e. The standard InChI is InChI=1S/C17H20N4O2S/c1-2-13-3-4-14(23-13)7-18-8-15-9-21-16(10-22-15)17(19-20-21)12-5-6-24-11-12/h3-6,11,15,18H,2,7-10H2,1H3. The van der Waals surface area contributed by atoms with Crippen LogP contribution in [0.2, 0.25) is 0 Å². The Balaban J connectivity index is 1.33. The molecule has 0 bridgehead atoms. The van der Waals surface area contributed by atoms with Crippen LogP contribution in [0.1, 0.15) is 24.1 Å². The third-order valence-corrected chi connectivity index (χ3v) is 4.88. The van der Waals surface area contributed by atoms with Crippen molar-refractivity contribution in [2.24, 2.45) is 0 Å². The Morgan fingerprint density at radius 2 is 2.25 bits per heavy atom. The van der Waals surface area contributed by atoms with E-state index in [4.69, 9.17) is 9.15 Å². The summed E-state index contributed by atoms with van der Waals surface area (Å²) in [5.41, 5.74) is 3.11. The minimum absolute atomic E-state index is 0.0927. The summed E-state index contributed by atoms with van der Waals surface area (Å²) in [7, 11) is 0. The largest absolute Gasteiger partial charge is 0.465 e. The van der Waals surface area contributed by atoms with Crippen LogP contribution in [0.3, 0.4) is 0 Å². The summed E-state index contributed by atoms with van der Waals surface area (Å²) >= 11 is 1.66. The SMILES string of the molecule is CCc1ccc(CNCC2Cn3nnc(-c4ccsc4)c3CO2)o1. The Hall–Kier alpha value is -1.96. The molecule has 4 rings (SSSR count). The van der Waals surface area contributed by atoms with Gasteiger partial charge in [0.05, 0.1) is 31.5 Å². The summed E-state index contributed by atoms with van der Waals surface area (Å²) in [5.74, 6) is 1.98. The molecular weight excluding hydrogens is 324 g/mol. The van der Waals surface area contributed by atoms with Crippen molar-refractivity contribution in [3.05, 3.63) is 46.2 Å². The number of nitrogens with one attached hydrogen (secondary N) is 1. The number of nitrogens with zero attached hydrogens (tertiary/aromatic N) is 3. The molecule has 0 radical (unpaired) electrons. The minimum atomic E-state index is 0.0927. The van der Waals surface area contributed by atoms with E-state index in [2.05, 4.69) is 39.4 Å². The first kappa shape index (κ1) is 15.6. The molecule has 7 heteroatoms. The number of furan rings is 1. The molecule has 1 atom stereocenters. The molecule has 1 N–H and O–H groups in total. The first-order chi connectivity index (χ1) is 11.8. The van der Waals surface area contributed by atoms with Gasteiger partial charge in [0, 0.05) is 23.9 Å². The van der Waals surface area contributed by atoms with Gasteiger partial charge in [0.1, 0.15) is 17.2 Å². The number of aryl methyl sites for hydroxylation is 1. The number of thiophene rings is 1. The third kappa shape index (κ3) is 3.15. The molecule has 4 heterocycles. The van der Waals surface area contributed by atoms with Gasteiger partial charge in [-0.3, -0.25) is 0 Å². The third-order valence-electron chi connectivity index (χ3n) is 4.20. The summed E-state index contributed by atoms with van der Waals surface area (Å²) in [6.45, 7) is 4.83. The summed E-state index contributed by atoms with van der Waals surface area (Å²) in [6, 6.07) is 6.12. The van der Waals surface area contributed by atoms with Gasteiger partial charge in [-0.25, -0.2) is 4.68 Å². The van der Waals surface area contributed by atoms with E-state index in [0.717, 1.165) is 48.0 Å². The monoisotopic (exact) mass is 344 g/mol. The maximum Gasteiger partial charge on any atom is 0.119 e. The van der Waals surface area contributed by atoms with Crippen molar-refractivity contribution < 1.29 is 9.15 Å². The molecular formula is C17H20N4O2S. The highest BCUT2D eigenvalue weighted by molar-refractivity contribution is 7.08. The molecule has 0 saturated heterocycles. The maximum atomic E-state index is 5.98. The van der Waals surface area contributed by atoms with Crippen molar-refractivity contribution in [2.45, 2.75) is 39.1 Å². The fourth-order valence-electron chi connectivity index (χ4n) is 2.88. The lowest BCUT2D eigenvalue weighted by atomic mass is 10.2. The maximum absolute atomic E-state index is 5.98. The Bertz CT molecular complexity index is 793. The van der Waals surface area contributed by atoms with Gasteiger partial charge in [0.15, 0.2) is 0 Å². The van der Waals surface area contributed by atoms with Gasteiger partial charge in [-0.05, 0) is 23.6 Å².